The van der Waals surface area contributed by atoms with Crippen LogP contribution in [0, 0.1) is 11.8 Å². The zero-order valence-electron chi connectivity index (χ0n) is 20.9. The summed E-state index contributed by atoms with van der Waals surface area (Å²) < 4.78 is 0. The molecule has 2 aliphatic rings. The number of anilines is 2. The standard InChI is InChI=1S/C29H28N6O3/c36-26(11-17-3-1-2-4-17)25-10-8-21(16-31-25)32-29(38)27-23-13-19(7-9-24(23)34-35-27)20-12-22(15-30-14-20)33-28(37)18-5-6-18/h7-10,12-18H,1-6,11H2,(H,32,38)(H,33,37)(H,34,35). The Kier molecular flexibility index (Phi) is 6.41. The minimum Gasteiger partial charge on any atom is -0.324 e. The Morgan fingerprint density at radius 2 is 1.71 bits per heavy atom. The molecular weight excluding hydrogens is 480 g/mol. The van der Waals surface area contributed by atoms with Crippen LogP contribution in [0.15, 0.2) is 55.0 Å². The topological polar surface area (TPSA) is 130 Å². The molecule has 3 N–H and O–H groups in total. The van der Waals surface area contributed by atoms with Gasteiger partial charge >= 0.3 is 0 Å². The molecule has 2 saturated carbocycles. The van der Waals surface area contributed by atoms with Crippen molar-refractivity contribution in [3.63, 3.8) is 0 Å². The van der Waals surface area contributed by atoms with Gasteiger partial charge in [-0.3, -0.25) is 29.5 Å². The summed E-state index contributed by atoms with van der Waals surface area (Å²) in [4.78, 5) is 46.3. The fraction of sp³-hybridized carbons (Fsp3) is 0.310. The van der Waals surface area contributed by atoms with E-state index in [1.54, 1.807) is 24.5 Å². The highest BCUT2D eigenvalue weighted by atomic mass is 16.2. The number of H-pyrrole nitrogens is 1. The molecule has 0 spiro atoms. The number of carbonyl (C=O) groups excluding carboxylic acids is 3. The molecule has 0 atom stereocenters. The van der Waals surface area contributed by atoms with Gasteiger partial charge in [-0.05, 0) is 54.7 Å². The molecule has 2 amide bonds. The Morgan fingerprint density at radius 3 is 2.47 bits per heavy atom. The molecule has 4 aromatic rings. The van der Waals surface area contributed by atoms with Crippen molar-refractivity contribution in [2.45, 2.75) is 44.9 Å². The van der Waals surface area contributed by atoms with E-state index in [1.807, 2.05) is 24.3 Å². The van der Waals surface area contributed by atoms with Crippen LogP contribution < -0.4 is 10.6 Å². The van der Waals surface area contributed by atoms with Crippen LogP contribution in [0.1, 0.15) is 65.9 Å². The van der Waals surface area contributed by atoms with Crippen LogP contribution in [-0.4, -0.2) is 37.8 Å². The summed E-state index contributed by atoms with van der Waals surface area (Å²) in [6.07, 6.45) is 11.9. The van der Waals surface area contributed by atoms with Crippen molar-refractivity contribution in [3.8, 4) is 11.1 Å². The van der Waals surface area contributed by atoms with Gasteiger partial charge in [0.15, 0.2) is 11.5 Å². The third-order valence-corrected chi connectivity index (χ3v) is 7.32. The molecule has 3 aromatic heterocycles. The summed E-state index contributed by atoms with van der Waals surface area (Å²) in [6.45, 7) is 0. The summed E-state index contributed by atoms with van der Waals surface area (Å²) in [5.41, 5.74) is 4.18. The number of fused-ring (bicyclic) bond motifs is 1. The van der Waals surface area contributed by atoms with Crippen molar-refractivity contribution in [3.05, 3.63) is 66.4 Å². The van der Waals surface area contributed by atoms with Crippen LogP contribution in [-0.2, 0) is 4.79 Å². The molecule has 9 nitrogen and oxygen atoms in total. The fourth-order valence-electron chi connectivity index (χ4n) is 5.03. The number of nitrogens with zero attached hydrogens (tertiary/aromatic N) is 3. The Bertz CT molecular complexity index is 1520. The molecule has 6 rings (SSSR count). The first kappa shape index (κ1) is 24.0. The second-order valence-electron chi connectivity index (χ2n) is 10.2. The monoisotopic (exact) mass is 508 g/mol. The van der Waals surface area contributed by atoms with E-state index in [9.17, 15) is 14.4 Å². The molecule has 1 aromatic carbocycles. The van der Waals surface area contributed by atoms with Crippen molar-refractivity contribution in [2.75, 3.05) is 10.6 Å². The van der Waals surface area contributed by atoms with Crippen molar-refractivity contribution < 1.29 is 14.4 Å². The molecule has 192 valence electrons. The van der Waals surface area contributed by atoms with Crippen LogP contribution in [0.25, 0.3) is 22.0 Å². The maximum atomic E-state index is 13.1. The summed E-state index contributed by atoms with van der Waals surface area (Å²) in [5, 5.41) is 13.5. The predicted octanol–water partition coefficient (Wildman–Crippen LogP) is 5.38. The Morgan fingerprint density at radius 1 is 0.868 bits per heavy atom. The highest BCUT2D eigenvalue weighted by Gasteiger charge is 2.29. The third-order valence-electron chi connectivity index (χ3n) is 7.32. The number of ketones is 1. The van der Waals surface area contributed by atoms with E-state index in [2.05, 4.69) is 30.8 Å². The average molecular weight is 509 g/mol. The molecule has 38 heavy (non-hydrogen) atoms. The maximum absolute atomic E-state index is 13.1. The largest absolute Gasteiger partial charge is 0.324 e. The lowest BCUT2D eigenvalue weighted by Crippen LogP contribution is -2.14. The normalized spacial score (nSPS) is 15.5. The van der Waals surface area contributed by atoms with Gasteiger partial charge < -0.3 is 10.6 Å². The van der Waals surface area contributed by atoms with Gasteiger partial charge in [0.2, 0.25) is 5.91 Å². The number of nitrogens with one attached hydrogen (secondary N) is 3. The number of benzene rings is 1. The van der Waals surface area contributed by atoms with Gasteiger partial charge in [-0.2, -0.15) is 5.10 Å². The molecule has 2 fully saturated rings. The highest BCUT2D eigenvalue weighted by Crippen LogP contribution is 2.32. The quantitative estimate of drug-likeness (QED) is 0.274. The minimum absolute atomic E-state index is 0.0221. The molecule has 0 radical (unpaired) electrons. The van der Waals surface area contributed by atoms with Crippen molar-refractivity contribution in [2.24, 2.45) is 11.8 Å². The van der Waals surface area contributed by atoms with E-state index in [4.69, 9.17) is 0 Å². The second kappa shape index (κ2) is 10.2. The van der Waals surface area contributed by atoms with Crippen LogP contribution in [0.5, 0.6) is 0 Å². The number of aromatic nitrogens is 4. The maximum Gasteiger partial charge on any atom is 0.276 e. The number of amides is 2. The SMILES string of the molecule is O=C(CC1CCCC1)c1ccc(NC(=O)c2n[nH]c3ccc(-c4cncc(NC(=O)C5CC5)c4)cc23)cn1. The number of Topliss-reactive ketones (excluding diaryl/α,β-unsaturated/α-hetero) is 1. The number of rotatable bonds is 8. The van der Waals surface area contributed by atoms with E-state index >= 15 is 0 Å². The third kappa shape index (κ3) is 5.18. The van der Waals surface area contributed by atoms with Crippen LogP contribution in [0.3, 0.4) is 0 Å². The zero-order chi connectivity index (χ0) is 26.1. The first-order valence-corrected chi connectivity index (χ1v) is 13.1. The molecule has 0 unspecified atom stereocenters. The van der Waals surface area contributed by atoms with Gasteiger partial charge in [-0.25, -0.2) is 0 Å². The molecule has 2 aliphatic carbocycles. The van der Waals surface area contributed by atoms with E-state index in [1.165, 1.54) is 19.0 Å². The molecule has 0 aliphatic heterocycles. The van der Waals surface area contributed by atoms with Crippen LogP contribution >= 0.6 is 0 Å². The van der Waals surface area contributed by atoms with E-state index in [0.717, 1.165) is 42.3 Å². The number of hydrogen-bond acceptors (Lipinski definition) is 6. The number of carbonyl (C=O) groups is 3. The van der Waals surface area contributed by atoms with Gasteiger partial charge in [0, 0.05) is 29.5 Å². The van der Waals surface area contributed by atoms with Gasteiger partial charge in [0.05, 0.1) is 29.3 Å². The summed E-state index contributed by atoms with van der Waals surface area (Å²) in [7, 11) is 0. The van der Waals surface area contributed by atoms with Crippen molar-refractivity contribution >= 4 is 39.9 Å². The van der Waals surface area contributed by atoms with Crippen molar-refractivity contribution in [1.29, 1.82) is 0 Å². The van der Waals surface area contributed by atoms with E-state index < -0.39 is 0 Å². The summed E-state index contributed by atoms with van der Waals surface area (Å²) in [5.74, 6) is 0.246. The Labute approximate surface area is 219 Å². The van der Waals surface area contributed by atoms with E-state index in [0.29, 0.717) is 34.8 Å². The van der Waals surface area contributed by atoms with Gasteiger partial charge in [-0.15, -0.1) is 0 Å². The molecular formula is C29H28N6O3. The van der Waals surface area contributed by atoms with Crippen molar-refractivity contribution in [1.82, 2.24) is 20.2 Å². The predicted molar refractivity (Wildman–Crippen MR) is 144 cm³/mol. The molecule has 0 bridgehead atoms. The number of hydrogen-bond donors (Lipinski definition) is 3. The van der Waals surface area contributed by atoms with Gasteiger partial charge in [-0.1, -0.05) is 31.7 Å². The Balaban J connectivity index is 1.17. The fourth-order valence-corrected chi connectivity index (χ4v) is 5.03. The van der Waals surface area contributed by atoms with Crippen LogP contribution in [0.2, 0.25) is 0 Å². The smallest absolute Gasteiger partial charge is 0.276 e. The Hall–Kier alpha value is -4.40. The lowest BCUT2D eigenvalue weighted by atomic mass is 9.99. The first-order valence-electron chi connectivity index (χ1n) is 13.1. The highest BCUT2D eigenvalue weighted by molar-refractivity contribution is 6.11. The lowest BCUT2D eigenvalue weighted by Gasteiger charge is -2.08. The van der Waals surface area contributed by atoms with Gasteiger partial charge in [0.1, 0.15) is 5.69 Å². The number of aromatic amines is 1. The molecule has 3 heterocycles. The average Bonchev–Trinajstić information content (AvgIpc) is 3.50. The lowest BCUT2D eigenvalue weighted by molar-refractivity contribution is -0.117. The van der Waals surface area contributed by atoms with Crippen LogP contribution in [0.4, 0.5) is 11.4 Å². The number of pyridine rings is 2. The van der Waals surface area contributed by atoms with E-state index in [-0.39, 0.29) is 29.2 Å². The zero-order valence-corrected chi connectivity index (χ0v) is 20.9. The summed E-state index contributed by atoms with van der Waals surface area (Å²) >= 11 is 0. The summed E-state index contributed by atoms with van der Waals surface area (Å²) in [6, 6.07) is 10.9. The first-order chi connectivity index (χ1) is 18.5. The molecule has 0 saturated heterocycles. The van der Waals surface area contributed by atoms with Gasteiger partial charge in [0.25, 0.3) is 5.91 Å². The second-order valence-corrected chi connectivity index (χ2v) is 10.2. The molecule has 9 heteroatoms. The minimum atomic E-state index is -0.385.